The number of carbonyl (C=O) groups is 1. The first-order chi connectivity index (χ1) is 15.3. The van der Waals surface area contributed by atoms with E-state index in [4.69, 9.17) is 4.74 Å². The molecule has 2 aliphatic heterocycles. The highest BCUT2D eigenvalue weighted by Crippen LogP contribution is 2.31. The summed E-state index contributed by atoms with van der Waals surface area (Å²) >= 11 is 0. The maximum atomic E-state index is 13.0. The van der Waals surface area contributed by atoms with Crippen molar-refractivity contribution in [1.29, 1.82) is 0 Å². The monoisotopic (exact) mass is 447 g/mol. The molecule has 2 aromatic rings. The van der Waals surface area contributed by atoms with Crippen LogP contribution in [-0.2, 0) is 23.9 Å². The van der Waals surface area contributed by atoms with Crippen molar-refractivity contribution in [3.05, 3.63) is 64.7 Å². The third-order valence-corrected chi connectivity index (χ3v) is 6.24. The first-order valence-electron chi connectivity index (χ1n) is 10.9. The van der Waals surface area contributed by atoms with Gasteiger partial charge in [-0.3, -0.25) is 9.69 Å². The van der Waals surface area contributed by atoms with E-state index in [9.17, 15) is 18.0 Å². The largest absolute Gasteiger partial charge is 0.416 e. The summed E-state index contributed by atoms with van der Waals surface area (Å²) < 4.78 is 44.4. The van der Waals surface area contributed by atoms with Gasteiger partial charge in [0.05, 0.1) is 18.8 Å². The molecule has 0 spiro atoms. The Morgan fingerprint density at radius 1 is 1.06 bits per heavy atom. The van der Waals surface area contributed by atoms with Gasteiger partial charge in [-0.25, -0.2) is 0 Å². The number of likely N-dealkylation sites (N-methyl/N-ethyl adjacent to an activating group) is 1. The second-order valence-corrected chi connectivity index (χ2v) is 8.39. The Morgan fingerprint density at radius 2 is 1.84 bits per heavy atom. The topological polar surface area (TPSA) is 36.0 Å². The van der Waals surface area contributed by atoms with Crippen molar-refractivity contribution < 1.29 is 22.7 Å². The maximum Gasteiger partial charge on any atom is 0.416 e. The summed E-state index contributed by atoms with van der Waals surface area (Å²) in [6.07, 6.45) is -3.50. The van der Waals surface area contributed by atoms with Gasteiger partial charge in [0.1, 0.15) is 0 Å². The molecule has 0 saturated carbocycles. The fourth-order valence-electron chi connectivity index (χ4n) is 4.22. The third-order valence-electron chi connectivity index (χ3n) is 6.24. The lowest BCUT2D eigenvalue weighted by Gasteiger charge is -2.37. The highest BCUT2D eigenvalue weighted by Gasteiger charge is 2.31. The second-order valence-electron chi connectivity index (χ2n) is 8.39. The van der Waals surface area contributed by atoms with Crippen LogP contribution in [0.15, 0.2) is 42.5 Å². The summed E-state index contributed by atoms with van der Waals surface area (Å²) in [5.74, 6) is 0.00175. The average Bonchev–Trinajstić information content (AvgIpc) is 2.81. The molecule has 5 nitrogen and oxygen atoms in total. The predicted octanol–water partition coefficient (Wildman–Crippen LogP) is 3.67. The number of benzene rings is 2. The molecular formula is C24H28F3N3O2. The van der Waals surface area contributed by atoms with Crippen LogP contribution in [-0.4, -0.2) is 68.6 Å². The van der Waals surface area contributed by atoms with E-state index < -0.39 is 11.7 Å². The smallest absolute Gasteiger partial charge is 0.376 e. The molecule has 0 N–H and O–H groups in total. The van der Waals surface area contributed by atoms with Gasteiger partial charge in [0.2, 0.25) is 0 Å². The van der Waals surface area contributed by atoms with E-state index in [1.54, 1.807) is 11.0 Å². The van der Waals surface area contributed by atoms with Gasteiger partial charge in [-0.1, -0.05) is 12.1 Å². The number of hydrogen-bond acceptors (Lipinski definition) is 4. The van der Waals surface area contributed by atoms with Crippen LogP contribution in [0.3, 0.4) is 0 Å². The Hall–Kier alpha value is -2.58. The molecule has 0 aromatic heterocycles. The number of anilines is 1. The molecule has 2 aromatic carbocycles. The van der Waals surface area contributed by atoms with Crippen molar-refractivity contribution in [2.45, 2.75) is 19.2 Å². The SMILES string of the molecule is CN(CCN1CCN(c2cccc(C(F)(F)F)c2)CC1)C(=O)c1ccc2c(c1)CCOC2. The van der Waals surface area contributed by atoms with Crippen LogP contribution in [0.25, 0.3) is 0 Å². The van der Waals surface area contributed by atoms with Crippen LogP contribution in [0.1, 0.15) is 27.0 Å². The number of amides is 1. The minimum Gasteiger partial charge on any atom is -0.376 e. The van der Waals surface area contributed by atoms with Gasteiger partial charge in [0.25, 0.3) is 5.91 Å². The van der Waals surface area contributed by atoms with E-state index in [-0.39, 0.29) is 5.91 Å². The van der Waals surface area contributed by atoms with Gasteiger partial charge in [-0.05, 0) is 47.9 Å². The lowest BCUT2D eigenvalue weighted by atomic mass is 10.00. The normalized spacial score (nSPS) is 17.2. The maximum absolute atomic E-state index is 13.0. The zero-order valence-corrected chi connectivity index (χ0v) is 18.2. The molecule has 0 atom stereocenters. The number of hydrogen-bond donors (Lipinski definition) is 0. The standard InChI is InChI=1S/C24H28F3N3O2/c1-28(23(31)19-5-6-20-17-32-14-7-18(20)15-19)8-9-29-10-12-30(13-11-29)22-4-2-3-21(16-22)24(25,26)27/h2-6,15-16H,7-14,17H2,1H3. The van der Waals surface area contributed by atoms with Gasteiger partial charge < -0.3 is 14.5 Å². The van der Waals surface area contributed by atoms with Crippen molar-refractivity contribution in [1.82, 2.24) is 9.80 Å². The summed E-state index contributed by atoms with van der Waals surface area (Å²) in [7, 11) is 1.81. The molecule has 1 amide bonds. The summed E-state index contributed by atoms with van der Waals surface area (Å²) in [6, 6.07) is 11.3. The van der Waals surface area contributed by atoms with E-state index in [0.29, 0.717) is 44.1 Å². The molecule has 0 radical (unpaired) electrons. The molecule has 2 aliphatic rings. The van der Waals surface area contributed by atoms with E-state index >= 15 is 0 Å². The van der Waals surface area contributed by atoms with E-state index in [1.165, 1.54) is 17.7 Å². The Labute approximate surface area is 186 Å². The fourth-order valence-corrected chi connectivity index (χ4v) is 4.22. The summed E-state index contributed by atoms with van der Waals surface area (Å²) in [4.78, 5) is 18.8. The Kier molecular flexibility index (Phi) is 6.71. The lowest BCUT2D eigenvalue weighted by Crippen LogP contribution is -2.48. The molecule has 1 saturated heterocycles. The van der Waals surface area contributed by atoms with Crippen LogP contribution in [0, 0.1) is 0 Å². The fraction of sp³-hybridized carbons (Fsp3) is 0.458. The summed E-state index contributed by atoms with van der Waals surface area (Å²) in [5.41, 5.74) is 3.01. The van der Waals surface area contributed by atoms with Crippen molar-refractivity contribution in [3.63, 3.8) is 0 Å². The van der Waals surface area contributed by atoms with Crippen molar-refractivity contribution in [3.8, 4) is 0 Å². The van der Waals surface area contributed by atoms with Crippen LogP contribution < -0.4 is 4.90 Å². The van der Waals surface area contributed by atoms with Gasteiger partial charge in [0, 0.05) is 57.6 Å². The molecule has 8 heteroatoms. The molecule has 32 heavy (non-hydrogen) atoms. The van der Waals surface area contributed by atoms with E-state index in [0.717, 1.165) is 37.7 Å². The highest BCUT2D eigenvalue weighted by molar-refractivity contribution is 5.94. The molecule has 2 heterocycles. The molecule has 1 fully saturated rings. The highest BCUT2D eigenvalue weighted by atomic mass is 19.4. The number of halogens is 3. The van der Waals surface area contributed by atoms with Crippen molar-refractivity contribution >= 4 is 11.6 Å². The minimum atomic E-state index is -4.33. The Balaban J connectivity index is 1.27. The van der Waals surface area contributed by atoms with Crippen molar-refractivity contribution in [2.24, 2.45) is 0 Å². The van der Waals surface area contributed by atoms with Gasteiger partial charge in [-0.15, -0.1) is 0 Å². The quantitative estimate of drug-likeness (QED) is 0.701. The number of ether oxygens (including phenoxy) is 1. The molecule has 0 bridgehead atoms. The molecule has 0 unspecified atom stereocenters. The van der Waals surface area contributed by atoms with Gasteiger partial charge in [0.15, 0.2) is 0 Å². The number of fused-ring (bicyclic) bond motifs is 1. The van der Waals surface area contributed by atoms with Crippen molar-refractivity contribution in [2.75, 3.05) is 57.8 Å². The summed E-state index contributed by atoms with van der Waals surface area (Å²) in [5, 5.41) is 0. The first kappa shape index (κ1) is 22.6. The van der Waals surface area contributed by atoms with Crippen LogP contribution in [0.5, 0.6) is 0 Å². The Bertz CT molecular complexity index is 956. The van der Waals surface area contributed by atoms with E-state index in [2.05, 4.69) is 4.90 Å². The molecule has 0 aliphatic carbocycles. The predicted molar refractivity (Wildman–Crippen MR) is 117 cm³/mol. The van der Waals surface area contributed by atoms with Crippen LogP contribution in [0.2, 0.25) is 0 Å². The minimum absolute atomic E-state index is 0.00175. The number of alkyl halides is 3. The van der Waals surface area contributed by atoms with Gasteiger partial charge in [-0.2, -0.15) is 13.2 Å². The Morgan fingerprint density at radius 3 is 2.59 bits per heavy atom. The number of piperazine rings is 1. The zero-order chi connectivity index (χ0) is 22.7. The lowest BCUT2D eigenvalue weighted by molar-refractivity contribution is -0.137. The molecular weight excluding hydrogens is 419 g/mol. The molecule has 172 valence electrons. The molecule has 4 rings (SSSR count). The van der Waals surface area contributed by atoms with E-state index in [1.807, 2.05) is 30.1 Å². The zero-order valence-electron chi connectivity index (χ0n) is 18.2. The average molecular weight is 448 g/mol. The van der Waals surface area contributed by atoms with Crippen LogP contribution in [0.4, 0.5) is 18.9 Å². The number of carbonyl (C=O) groups excluding carboxylic acids is 1. The number of nitrogens with zero attached hydrogens (tertiary/aromatic N) is 3. The summed E-state index contributed by atoms with van der Waals surface area (Å²) in [6.45, 7) is 5.44. The second kappa shape index (κ2) is 9.50. The third kappa shape index (κ3) is 5.24. The van der Waals surface area contributed by atoms with Crippen LogP contribution >= 0.6 is 0 Å². The first-order valence-corrected chi connectivity index (χ1v) is 10.9. The van der Waals surface area contributed by atoms with Gasteiger partial charge >= 0.3 is 6.18 Å². The number of rotatable bonds is 5.